The van der Waals surface area contributed by atoms with Crippen LogP contribution >= 0.6 is 0 Å². The molecule has 0 radical (unpaired) electrons. The molecule has 28 heavy (non-hydrogen) atoms. The summed E-state index contributed by atoms with van der Waals surface area (Å²) in [7, 11) is 0. The zero-order valence-corrected chi connectivity index (χ0v) is 17.8. The Hall–Kier alpha value is -1.58. The Balaban J connectivity index is 1.74. The topological polar surface area (TPSA) is 63.6 Å². The number of fused-ring (bicyclic) bond motifs is 3. The third kappa shape index (κ3) is 3.92. The van der Waals surface area contributed by atoms with Crippen LogP contribution < -0.4 is 0 Å². The molecule has 0 saturated heterocycles. The fourth-order valence-electron chi connectivity index (χ4n) is 6.44. The molecule has 0 aromatic carbocycles. The van der Waals surface area contributed by atoms with Crippen LogP contribution in [0.3, 0.4) is 0 Å². The van der Waals surface area contributed by atoms with Gasteiger partial charge in [-0.05, 0) is 61.2 Å². The van der Waals surface area contributed by atoms with Gasteiger partial charge >= 0.3 is 11.9 Å². The molecule has 3 aliphatic carbocycles. The zero-order chi connectivity index (χ0) is 20.6. The third-order valence-electron chi connectivity index (χ3n) is 8.17. The molecular weight excluding hydrogens is 352 g/mol. The molecule has 0 amide bonds. The fourth-order valence-corrected chi connectivity index (χ4v) is 6.44. The lowest BCUT2D eigenvalue weighted by Gasteiger charge is -2.59. The Morgan fingerprint density at radius 1 is 1.25 bits per heavy atom. The summed E-state index contributed by atoms with van der Waals surface area (Å²) in [6.45, 7) is 11.5. The maximum atomic E-state index is 12.0. The number of carboxylic acids is 1. The molecule has 0 bridgehead atoms. The minimum Gasteiger partial charge on any atom is -0.481 e. The van der Waals surface area contributed by atoms with E-state index in [1.807, 2.05) is 0 Å². The molecule has 0 aromatic heterocycles. The predicted octanol–water partition coefficient (Wildman–Crippen LogP) is 5.53. The second-order valence-corrected chi connectivity index (χ2v) is 10.3. The monoisotopic (exact) mass is 388 g/mol. The van der Waals surface area contributed by atoms with Crippen LogP contribution in [-0.4, -0.2) is 23.7 Å². The number of aliphatic carboxylic acids is 1. The van der Waals surface area contributed by atoms with Crippen LogP contribution in [-0.2, 0) is 14.3 Å². The number of rotatable bonds is 6. The number of carboxylic acid groups (broad SMARTS) is 1. The number of allylic oxidation sites excluding steroid dienone is 3. The highest BCUT2D eigenvalue weighted by molar-refractivity contribution is 5.76. The number of carbonyl (C=O) groups excluding carboxylic acids is 1. The quantitative estimate of drug-likeness (QED) is 0.480. The van der Waals surface area contributed by atoms with Gasteiger partial charge in [-0.3, -0.25) is 9.59 Å². The van der Waals surface area contributed by atoms with Gasteiger partial charge in [0, 0.05) is 5.41 Å². The van der Waals surface area contributed by atoms with E-state index in [0.29, 0.717) is 18.4 Å². The van der Waals surface area contributed by atoms with E-state index in [1.54, 1.807) is 5.57 Å². The SMILES string of the molecule is C=CC1(C)CCC2C(=CCC3C(C)(COC(=O)CCC(=O)O)CCCC23C)C1. The summed E-state index contributed by atoms with van der Waals surface area (Å²) in [5, 5.41) is 8.76. The van der Waals surface area contributed by atoms with Crippen molar-refractivity contribution in [3.63, 3.8) is 0 Å². The maximum Gasteiger partial charge on any atom is 0.306 e. The molecule has 4 heteroatoms. The number of esters is 1. The summed E-state index contributed by atoms with van der Waals surface area (Å²) in [4.78, 5) is 22.7. The second-order valence-electron chi connectivity index (χ2n) is 10.3. The molecule has 3 rings (SSSR count). The van der Waals surface area contributed by atoms with Gasteiger partial charge in [0.1, 0.15) is 0 Å². The van der Waals surface area contributed by atoms with Crippen LogP contribution in [0.2, 0.25) is 0 Å². The molecule has 0 heterocycles. The molecule has 0 aromatic rings. The first-order valence-corrected chi connectivity index (χ1v) is 10.8. The normalized spacial score (nSPS) is 39.9. The first-order chi connectivity index (χ1) is 13.1. The van der Waals surface area contributed by atoms with Gasteiger partial charge in [0.15, 0.2) is 0 Å². The molecule has 3 aliphatic rings. The second kappa shape index (κ2) is 7.68. The Morgan fingerprint density at radius 3 is 2.68 bits per heavy atom. The first-order valence-electron chi connectivity index (χ1n) is 10.8. The lowest BCUT2D eigenvalue weighted by atomic mass is 9.45. The molecule has 1 N–H and O–H groups in total. The van der Waals surface area contributed by atoms with E-state index in [1.165, 1.54) is 25.7 Å². The minimum atomic E-state index is -0.956. The first kappa shape index (κ1) is 21.1. The molecular formula is C24H36O4. The highest BCUT2D eigenvalue weighted by Gasteiger charge is 2.55. The summed E-state index contributed by atoms with van der Waals surface area (Å²) in [6.07, 6.45) is 12.5. The Kier molecular flexibility index (Phi) is 5.80. The largest absolute Gasteiger partial charge is 0.481 e. The number of carbonyl (C=O) groups is 2. The number of ether oxygens (including phenoxy) is 1. The highest BCUT2D eigenvalue weighted by Crippen LogP contribution is 2.63. The lowest BCUT2D eigenvalue weighted by Crippen LogP contribution is -2.52. The zero-order valence-electron chi connectivity index (χ0n) is 17.8. The van der Waals surface area contributed by atoms with Crippen molar-refractivity contribution in [2.24, 2.45) is 28.1 Å². The van der Waals surface area contributed by atoms with Gasteiger partial charge in [-0.15, -0.1) is 6.58 Å². The van der Waals surface area contributed by atoms with Crippen LogP contribution in [0, 0.1) is 28.1 Å². The Labute approximate surface area is 169 Å². The standard InChI is InChI=1S/C24H36O4/c1-5-22(2)14-11-18-17(15-22)7-8-19-23(3,12-6-13-24(18,19)4)16-28-21(27)10-9-20(25)26/h5,7,18-19H,1,6,8-16H2,2-4H3,(H,25,26). The number of hydrogen-bond acceptors (Lipinski definition) is 3. The van der Waals surface area contributed by atoms with Crippen LogP contribution in [0.5, 0.6) is 0 Å². The highest BCUT2D eigenvalue weighted by atomic mass is 16.5. The van der Waals surface area contributed by atoms with Gasteiger partial charge in [-0.1, -0.05) is 44.9 Å². The maximum absolute atomic E-state index is 12.0. The average molecular weight is 389 g/mol. The van der Waals surface area contributed by atoms with Crippen LogP contribution in [0.1, 0.15) is 78.6 Å². The van der Waals surface area contributed by atoms with Crippen LogP contribution in [0.4, 0.5) is 0 Å². The summed E-state index contributed by atoms with van der Waals surface area (Å²) in [5.41, 5.74) is 2.07. The van der Waals surface area contributed by atoms with Crippen molar-refractivity contribution in [1.82, 2.24) is 0 Å². The third-order valence-corrected chi connectivity index (χ3v) is 8.17. The molecule has 0 aliphatic heterocycles. The van der Waals surface area contributed by atoms with Gasteiger partial charge in [0.2, 0.25) is 0 Å². The average Bonchev–Trinajstić information content (AvgIpc) is 2.64. The lowest BCUT2D eigenvalue weighted by molar-refractivity contribution is -0.156. The molecule has 5 atom stereocenters. The van der Waals surface area contributed by atoms with Gasteiger partial charge in [-0.25, -0.2) is 0 Å². The summed E-state index contributed by atoms with van der Waals surface area (Å²) in [6, 6.07) is 0. The minimum absolute atomic E-state index is 0.0346. The summed E-state index contributed by atoms with van der Waals surface area (Å²) in [5.74, 6) is -0.214. The van der Waals surface area contributed by atoms with E-state index in [9.17, 15) is 9.59 Å². The van der Waals surface area contributed by atoms with Crippen molar-refractivity contribution >= 4 is 11.9 Å². The van der Waals surface area contributed by atoms with Crippen molar-refractivity contribution in [3.8, 4) is 0 Å². The van der Waals surface area contributed by atoms with Gasteiger partial charge < -0.3 is 9.84 Å². The molecule has 156 valence electrons. The Morgan fingerprint density at radius 2 is 2.00 bits per heavy atom. The molecule has 2 fully saturated rings. The van der Waals surface area contributed by atoms with Gasteiger partial charge in [0.25, 0.3) is 0 Å². The van der Waals surface area contributed by atoms with Gasteiger partial charge in [0.05, 0.1) is 19.4 Å². The van der Waals surface area contributed by atoms with Crippen molar-refractivity contribution in [2.45, 2.75) is 78.6 Å². The van der Waals surface area contributed by atoms with Crippen molar-refractivity contribution in [1.29, 1.82) is 0 Å². The summed E-state index contributed by atoms with van der Waals surface area (Å²) >= 11 is 0. The van der Waals surface area contributed by atoms with E-state index in [-0.39, 0.29) is 35.1 Å². The molecule has 4 nitrogen and oxygen atoms in total. The van der Waals surface area contributed by atoms with Gasteiger partial charge in [-0.2, -0.15) is 0 Å². The van der Waals surface area contributed by atoms with E-state index in [0.717, 1.165) is 19.3 Å². The molecule has 0 spiro atoms. The van der Waals surface area contributed by atoms with Crippen LogP contribution in [0.25, 0.3) is 0 Å². The molecule has 2 saturated carbocycles. The Bertz CT molecular complexity index is 680. The fraction of sp³-hybridized carbons (Fsp3) is 0.750. The van der Waals surface area contributed by atoms with Crippen LogP contribution in [0.15, 0.2) is 24.3 Å². The predicted molar refractivity (Wildman–Crippen MR) is 110 cm³/mol. The number of hydrogen-bond donors (Lipinski definition) is 1. The van der Waals surface area contributed by atoms with E-state index >= 15 is 0 Å². The summed E-state index contributed by atoms with van der Waals surface area (Å²) < 4.78 is 5.58. The van der Waals surface area contributed by atoms with Crippen molar-refractivity contribution in [2.75, 3.05) is 6.61 Å². The van der Waals surface area contributed by atoms with Crippen molar-refractivity contribution in [3.05, 3.63) is 24.3 Å². The van der Waals surface area contributed by atoms with Crippen molar-refractivity contribution < 1.29 is 19.4 Å². The van der Waals surface area contributed by atoms with E-state index in [4.69, 9.17) is 9.84 Å². The smallest absolute Gasteiger partial charge is 0.306 e. The molecule has 5 unspecified atom stereocenters. The van der Waals surface area contributed by atoms with E-state index in [2.05, 4.69) is 39.5 Å². The van der Waals surface area contributed by atoms with E-state index < -0.39 is 5.97 Å².